The van der Waals surface area contributed by atoms with E-state index < -0.39 is 0 Å². The summed E-state index contributed by atoms with van der Waals surface area (Å²) in [4.78, 5) is 5.07. The van der Waals surface area contributed by atoms with E-state index in [0.717, 1.165) is 32.1 Å². The van der Waals surface area contributed by atoms with Gasteiger partial charge in [0.05, 0.1) is 7.11 Å². The van der Waals surface area contributed by atoms with Crippen LogP contribution >= 0.6 is 0 Å². The molecule has 4 heteroatoms. The van der Waals surface area contributed by atoms with Gasteiger partial charge in [0.15, 0.2) is 0 Å². The van der Waals surface area contributed by atoms with E-state index in [0.29, 0.717) is 18.0 Å². The molecule has 0 aliphatic carbocycles. The number of likely N-dealkylation sites (tertiary alicyclic amines) is 1. The molecule has 22 heavy (non-hydrogen) atoms. The molecule has 2 aliphatic heterocycles. The Morgan fingerprint density at radius 1 is 1.09 bits per heavy atom. The lowest BCUT2D eigenvalue weighted by molar-refractivity contribution is 0.0402. The van der Waals surface area contributed by atoms with E-state index >= 15 is 0 Å². The number of likely N-dealkylation sites (N-methyl/N-ethyl adjacent to an activating group) is 1. The highest BCUT2D eigenvalue weighted by molar-refractivity contribution is 5.31. The van der Waals surface area contributed by atoms with Crippen LogP contribution in [0.5, 0.6) is 5.75 Å². The zero-order valence-electron chi connectivity index (χ0n) is 14.0. The van der Waals surface area contributed by atoms with Gasteiger partial charge in [-0.15, -0.1) is 0 Å². The van der Waals surface area contributed by atoms with Crippen LogP contribution in [0, 0.1) is 0 Å². The molecule has 0 radical (unpaired) electrons. The lowest BCUT2D eigenvalue weighted by atomic mass is 9.93. The lowest BCUT2D eigenvalue weighted by Gasteiger charge is -2.31. The Bertz CT molecular complexity index is 468. The van der Waals surface area contributed by atoms with Crippen molar-refractivity contribution in [2.45, 2.75) is 30.8 Å². The molecule has 2 fully saturated rings. The van der Waals surface area contributed by atoms with E-state index in [2.05, 4.69) is 48.2 Å². The fourth-order valence-electron chi connectivity index (χ4n) is 3.87. The minimum atomic E-state index is 0.573. The zero-order chi connectivity index (χ0) is 15.5. The van der Waals surface area contributed by atoms with Gasteiger partial charge in [0.1, 0.15) is 5.75 Å². The molecule has 2 atom stereocenters. The van der Waals surface area contributed by atoms with Gasteiger partial charge in [-0.3, -0.25) is 4.90 Å². The van der Waals surface area contributed by atoms with Crippen molar-refractivity contribution in [2.24, 2.45) is 0 Å². The van der Waals surface area contributed by atoms with Gasteiger partial charge in [0, 0.05) is 44.3 Å². The van der Waals surface area contributed by atoms with Crippen molar-refractivity contribution in [2.75, 3.05) is 47.5 Å². The van der Waals surface area contributed by atoms with Crippen molar-refractivity contribution >= 4 is 0 Å². The normalized spacial score (nSPS) is 27.5. The average Bonchev–Trinajstić information content (AvgIpc) is 3.01. The number of hydrogen-bond donors (Lipinski definition) is 0. The fourth-order valence-corrected chi connectivity index (χ4v) is 3.87. The highest BCUT2D eigenvalue weighted by Crippen LogP contribution is 2.33. The Hall–Kier alpha value is -1.10. The van der Waals surface area contributed by atoms with E-state index in [9.17, 15) is 0 Å². The van der Waals surface area contributed by atoms with Gasteiger partial charge in [0.2, 0.25) is 0 Å². The molecule has 0 aromatic heterocycles. The third-order valence-corrected chi connectivity index (χ3v) is 5.23. The molecule has 0 bridgehead atoms. The summed E-state index contributed by atoms with van der Waals surface area (Å²) in [7, 11) is 6.13. The number of ether oxygens (including phenoxy) is 2. The predicted molar refractivity (Wildman–Crippen MR) is 88.6 cm³/mol. The van der Waals surface area contributed by atoms with Crippen LogP contribution in [0.3, 0.4) is 0 Å². The van der Waals surface area contributed by atoms with Crippen LogP contribution in [0.4, 0.5) is 0 Å². The second-order valence-electron chi connectivity index (χ2n) is 6.71. The Balaban J connectivity index is 1.75. The largest absolute Gasteiger partial charge is 0.497 e. The number of nitrogens with zero attached hydrogens (tertiary/aromatic N) is 2. The number of rotatable bonds is 4. The van der Waals surface area contributed by atoms with Gasteiger partial charge < -0.3 is 14.4 Å². The second kappa shape index (κ2) is 6.99. The molecule has 0 N–H and O–H groups in total. The van der Waals surface area contributed by atoms with Crippen LogP contribution in [0.2, 0.25) is 0 Å². The van der Waals surface area contributed by atoms with E-state index in [-0.39, 0.29) is 0 Å². The summed E-state index contributed by atoms with van der Waals surface area (Å²) >= 11 is 0. The van der Waals surface area contributed by atoms with E-state index in [1.807, 2.05) is 0 Å². The minimum absolute atomic E-state index is 0.573. The van der Waals surface area contributed by atoms with E-state index in [1.54, 1.807) is 7.11 Å². The Morgan fingerprint density at radius 3 is 2.36 bits per heavy atom. The summed E-state index contributed by atoms with van der Waals surface area (Å²) in [5, 5.41) is 0. The van der Waals surface area contributed by atoms with E-state index in [4.69, 9.17) is 9.47 Å². The van der Waals surface area contributed by atoms with Crippen molar-refractivity contribution in [1.29, 1.82) is 0 Å². The first-order valence-corrected chi connectivity index (χ1v) is 8.31. The summed E-state index contributed by atoms with van der Waals surface area (Å²) in [6, 6.07) is 9.90. The van der Waals surface area contributed by atoms with Gasteiger partial charge in [-0.05, 0) is 44.6 Å². The van der Waals surface area contributed by atoms with Crippen molar-refractivity contribution in [3.8, 4) is 5.75 Å². The topological polar surface area (TPSA) is 24.9 Å². The van der Waals surface area contributed by atoms with Gasteiger partial charge in [-0.1, -0.05) is 12.1 Å². The SMILES string of the molecule is COc1ccc([C@@H]2CN(C3CCOCC3)C[C@H]2N(C)C)cc1. The number of benzene rings is 1. The Labute approximate surface area is 134 Å². The molecule has 0 saturated carbocycles. The average molecular weight is 304 g/mol. The molecular weight excluding hydrogens is 276 g/mol. The van der Waals surface area contributed by atoms with Gasteiger partial charge in [0.25, 0.3) is 0 Å². The molecule has 2 aliphatic rings. The number of methoxy groups -OCH3 is 1. The molecule has 1 aromatic rings. The first-order valence-electron chi connectivity index (χ1n) is 8.31. The summed E-state index contributed by atoms with van der Waals surface area (Å²) in [6.45, 7) is 4.15. The van der Waals surface area contributed by atoms with Gasteiger partial charge >= 0.3 is 0 Å². The molecule has 3 rings (SSSR count). The third-order valence-electron chi connectivity index (χ3n) is 5.23. The smallest absolute Gasteiger partial charge is 0.118 e. The Morgan fingerprint density at radius 2 is 1.77 bits per heavy atom. The van der Waals surface area contributed by atoms with Gasteiger partial charge in [-0.2, -0.15) is 0 Å². The van der Waals surface area contributed by atoms with Crippen molar-refractivity contribution in [1.82, 2.24) is 9.80 Å². The van der Waals surface area contributed by atoms with Crippen LogP contribution in [-0.4, -0.2) is 69.4 Å². The van der Waals surface area contributed by atoms with Crippen molar-refractivity contribution in [3.63, 3.8) is 0 Å². The maximum Gasteiger partial charge on any atom is 0.118 e. The van der Waals surface area contributed by atoms with Crippen LogP contribution < -0.4 is 4.74 Å². The monoisotopic (exact) mass is 304 g/mol. The van der Waals surface area contributed by atoms with Crippen molar-refractivity contribution in [3.05, 3.63) is 29.8 Å². The maximum absolute atomic E-state index is 5.52. The molecule has 1 aromatic carbocycles. The second-order valence-corrected chi connectivity index (χ2v) is 6.71. The van der Waals surface area contributed by atoms with Crippen LogP contribution in [-0.2, 0) is 4.74 Å². The fraction of sp³-hybridized carbons (Fsp3) is 0.667. The molecule has 2 heterocycles. The van der Waals surface area contributed by atoms with Crippen LogP contribution in [0.15, 0.2) is 24.3 Å². The molecule has 0 spiro atoms. The molecule has 122 valence electrons. The van der Waals surface area contributed by atoms with Crippen LogP contribution in [0.25, 0.3) is 0 Å². The summed E-state index contributed by atoms with van der Waals surface area (Å²) in [6.07, 6.45) is 2.35. The Kier molecular flexibility index (Phi) is 5.01. The number of hydrogen-bond acceptors (Lipinski definition) is 4. The summed E-state index contributed by atoms with van der Waals surface area (Å²) in [5.41, 5.74) is 1.43. The minimum Gasteiger partial charge on any atom is -0.497 e. The zero-order valence-corrected chi connectivity index (χ0v) is 14.0. The first kappa shape index (κ1) is 15.8. The van der Waals surface area contributed by atoms with Crippen LogP contribution in [0.1, 0.15) is 24.3 Å². The summed E-state index contributed by atoms with van der Waals surface area (Å²) in [5.74, 6) is 1.51. The highest BCUT2D eigenvalue weighted by atomic mass is 16.5. The van der Waals surface area contributed by atoms with Gasteiger partial charge in [-0.25, -0.2) is 0 Å². The first-order chi connectivity index (χ1) is 10.7. The third kappa shape index (κ3) is 3.29. The molecule has 0 unspecified atom stereocenters. The molecular formula is C18H28N2O2. The predicted octanol–water partition coefficient (Wildman–Crippen LogP) is 2.20. The molecule has 0 amide bonds. The molecule has 2 saturated heterocycles. The molecule has 4 nitrogen and oxygen atoms in total. The lowest BCUT2D eigenvalue weighted by Crippen LogP contribution is -2.40. The van der Waals surface area contributed by atoms with E-state index in [1.165, 1.54) is 18.4 Å². The maximum atomic E-state index is 5.52. The summed E-state index contributed by atoms with van der Waals surface area (Å²) < 4.78 is 10.8. The van der Waals surface area contributed by atoms with Crippen molar-refractivity contribution < 1.29 is 9.47 Å². The quantitative estimate of drug-likeness (QED) is 0.851. The standard InChI is InChI=1S/C18H28N2O2/c1-19(2)18-13-20(15-8-10-22-11-9-15)12-17(18)14-4-6-16(21-3)7-5-14/h4-7,15,17-18H,8-13H2,1-3H3/t17-,18+/m0/s1. The highest BCUT2D eigenvalue weighted by Gasteiger charge is 2.38.